The van der Waals surface area contributed by atoms with Crippen LogP contribution in [0.3, 0.4) is 0 Å². The number of carbonyl (C=O) groups excluding carboxylic acids is 1. The van der Waals surface area contributed by atoms with Gasteiger partial charge in [-0.1, -0.05) is 6.07 Å². The first kappa shape index (κ1) is 21.8. The first-order valence-corrected chi connectivity index (χ1v) is 12.4. The maximum atomic E-state index is 12.8. The standard InChI is InChI=1S/C21H27N3O3S2/c1-15-6-7-18(13-16(15)2)29(26,27)23-14-17-8-11-24(12-9-17)21(25)19-5-4-10-22-20(19)28-3/h4-7,10,13,17,23H,8-9,11-12,14H2,1-3H3. The number of sulfonamides is 1. The second kappa shape index (κ2) is 9.28. The maximum Gasteiger partial charge on any atom is 0.256 e. The van der Waals surface area contributed by atoms with Crippen LogP contribution in [-0.2, 0) is 10.0 Å². The van der Waals surface area contributed by atoms with Crippen molar-refractivity contribution in [3.05, 3.63) is 53.2 Å². The molecule has 1 aromatic carbocycles. The second-order valence-electron chi connectivity index (χ2n) is 7.39. The largest absolute Gasteiger partial charge is 0.339 e. The van der Waals surface area contributed by atoms with E-state index in [1.54, 1.807) is 24.4 Å². The lowest BCUT2D eigenvalue weighted by molar-refractivity contribution is 0.0687. The molecule has 1 aliphatic rings. The summed E-state index contributed by atoms with van der Waals surface area (Å²) in [6.45, 7) is 5.50. The Balaban J connectivity index is 1.56. The third-order valence-corrected chi connectivity index (χ3v) is 7.58. The summed E-state index contributed by atoms with van der Waals surface area (Å²) in [6.07, 6.45) is 5.15. The number of hydrogen-bond donors (Lipinski definition) is 1. The summed E-state index contributed by atoms with van der Waals surface area (Å²) in [5, 5.41) is 0.737. The Morgan fingerprint density at radius 1 is 1.21 bits per heavy atom. The van der Waals surface area contributed by atoms with Crippen molar-refractivity contribution < 1.29 is 13.2 Å². The Labute approximate surface area is 177 Å². The molecule has 1 aromatic heterocycles. The van der Waals surface area contributed by atoms with Gasteiger partial charge in [-0.2, -0.15) is 0 Å². The van der Waals surface area contributed by atoms with E-state index < -0.39 is 10.0 Å². The number of amides is 1. The number of likely N-dealkylation sites (tertiary alicyclic amines) is 1. The van der Waals surface area contributed by atoms with Crippen LogP contribution in [0.15, 0.2) is 46.5 Å². The molecule has 6 nitrogen and oxygen atoms in total. The number of carbonyl (C=O) groups is 1. The van der Waals surface area contributed by atoms with Crippen molar-refractivity contribution in [1.82, 2.24) is 14.6 Å². The first-order chi connectivity index (χ1) is 13.8. The van der Waals surface area contributed by atoms with Crippen LogP contribution < -0.4 is 4.72 Å². The van der Waals surface area contributed by atoms with Crippen LogP contribution in [-0.4, -0.2) is 50.1 Å². The van der Waals surface area contributed by atoms with E-state index >= 15 is 0 Å². The van der Waals surface area contributed by atoms with Crippen LogP contribution in [0.25, 0.3) is 0 Å². The number of hydrogen-bond acceptors (Lipinski definition) is 5. The van der Waals surface area contributed by atoms with Crippen LogP contribution in [0.4, 0.5) is 0 Å². The van der Waals surface area contributed by atoms with Crippen molar-refractivity contribution in [3.63, 3.8) is 0 Å². The van der Waals surface area contributed by atoms with Crippen molar-refractivity contribution in [2.45, 2.75) is 36.6 Å². The van der Waals surface area contributed by atoms with Crippen molar-refractivity contribution >= 4 is 27.7 Å². The van der Waals surface area contributed by atoms with Gasteiger partial charge in [-0.25, -0.2) is 18.1 Å². The molecule has 1 aliphatic heterocycles. The molecule has 3 rings (SSSR count). The van der Waals surface area contributed by atoms with Gasteiger partial charge in [-0.3, -0.25) is 4.79 Å². The molecular formula is C21H27N3O3S2. The number of nitrogens with zero attached hydrogens (tertiary/aromatic N) is 2. The lowest BCUT2D eigenvalue weighted by Gasteiger charge is -2.32. The van der Waals surface area contributed by atoms with Gasteiger partial charge in [0.05, 0.1) is 10.5 Å². The van der Waals surface area contributed by atoms with Gasteiger partial charge in [-0.05, 0) is 74.3 Å². The molecule has 1 saturated heterocycles. The van der Waals surface area contributed by atoms with Gasteiger partial charge < -0.3 is 4.90 Å². The summed E-state index contributed by atoms with van der Waals surface area (Å²) < 4.78 is 27.9. The Kier molecular flexibility index (Phi) is 6.97. The van der Waals surface area contributed by atoms with Gasteiger partial charge >= 0.3 is 0 Å². The van der Waals surface area contributed by atoms with E-state index in [9.17, 15) is 13.2 Å². The van der Waals surface area contributed by atoms with E-state index in [1.165, 1.54) is 11.8 Å². The van der Waals surface area contributed by atoms with E-state index in [1.807, 2.05) is 37.1 Å². The fourth-order valence-corrected chi connectivity index (χ4v) is 5.16. The Morgan fingerprint density at radius 2 is 1.93 bits per heavy atom. The number of aromatic nitrogens is 1. The molecule has 1 amide bonds. The minimum Gasteiger partial charge on any atom is -0.339 e. The fraction of sp³-hybridized carbons (Fsp3) is 0.429. The third kappa shape index (κ3) is 5.18. The molecule has 1 N–H and O–H groups in total. The number of rotatable bonds is 6. The van der Waals surface area contributed by atoms with Gasteiger partial charge in [0.15, 0.2) is 0 Å². The molecule has 1 fully saturated rings. The van der Waals surface area contributed by atoms with Crippen molar-refractivity contribution in [1.29, 1.82) is 0 Å². The summed E-state index contributed by atoms with van der Waals surface area (Å²) in [5.74, 6) is 0.214. The summed E-state index contributed by atoms with van der Waals surface area (Å²) in [4.78, 5) is 19.2. The second-order valence-corrected chi connectivity index (χ2v) is 9.96. The molecule has 0 spiro atoms. The van der Waals surface area contributed by atoms with E-state index in [2.05, 4.69) is 9.71 Å². The van der Waals surface area contributed by atoms with Crippen molar-refractivity contribution in [2.75, 3.05) is 25.9 Å². The van der Waals surface area contributed by atoms with E-state index in [-0.39, 0.29) is 11.8 Å². The molecule has 0 atom stereocenters. The summed E-state index contributed by atoms with van der Waals surface area (Å²) in [7, 11) is -3.52. The van der Waals surface area contributed by atoms with Gasteiger partial charge in [0.1, 0.15) is 5.03 Å². The monoisotopic (exact) mass is 433 g/mol. The average molecular weight is 434 g/mol. The minimum absolute atomic E-state index is 0.00314. The van der Waals surface area contributed by atoms with Crippen molar-refractivity contribution in [2.24, 2.45) is 5.92 Å². The van der Waals surface area contributed by atoms with E-state index in [0.717, 1.165) is 29.0 Å². The predicted octanol–water partition coefficient (Wildman–Crippen LogP) is 3.25. The number of aryl methyl sites for hydroxylation is 2. The molecule has 156 valence electrons. The third-order valence-electron chi connectivity index (χ3n) is 5.45. The highest BCUT2D eigenvalue weighted by molar-refractivity contribution is 7.98. The zero-order chi connectivity index (χ0) is 21.0. The van der Waals surface area contributed by atoms with E-state index in [4.69, 9.17) is 0 Å². The van der Waals surface area contributed by atoms with Gasteiger partial charge in [0.2, 0.25) is 10.0 Å². The Morgan fingerprint density at radius 3 is 2.59 bits per heavy atom. The number of thioether (sulfide) groups is 1. The highest BCUT2D eigenvalue weighted by Crippen LogP contribution is 2.23. The molecule has 2 aromatic rings. The molecule has 0 bridgehead atoms. The summed E-state index contributed by atoms with van der Waals surface area (Å²) in [5.41, 5.74) is 2.66. The number of pyridine rings is 1. The topological polar surface area (TPSA) is 79.4 Å². The van der Waals surface area contributed by atoms with Crippen molar-refractivity contribution in [3.8, 4) is 0 Å². The zero-order valence-electron chi connectivity index (χ0n) is 17.0. The van der Waals surface area contributed by atoms with Gasteiger partial charge in [-0.15, -0.1) is 11.8 Å². The molecule has 29 heavy (non-hydrogen) atoms. The van der Waals surface area contributed by atoms with Crippen LogP contribution in [0.2, 0.25) is 0 Å². The average Bonchev–Trinajstić information content (AvgIpc) is 2.74. The van der Waals surface area contributed by atoms with Crippen LogP contribution >= 0.6 is 11.8 Å². The molecule has 0 aliphatic carbocycles. The lowest BCUT2D eigenvalue weighted by Crippen LogP contribution is -2.41. The Hall–Kier alpha value is -1.90. The molecule has 0 radical (unpaired) electrons. The van der Waals surface area contributed by atoms with Crippen LogP contribution in [0, 0.1) is 19.8 Å². The highest BCUT2D eigenvalue weighted by Gasteiger charge is 2.26. The van der Waals surface area contributed by atoms with E-state index in [0.29, 0.717) is 30.1 Å². The number of benzene rings is 1. The van der Waals surface area contributed by atoms with Gasteiger partial charge in [0, 0.05) is 25.8 Å². The highest BCUT2D eigenvalue weighted by atomic mass is 32.2. The summed E-state index contributed by atoms with van der Waals surface area (Å²) >= 11 is 1.46. The normalized spacial score (nSPS) is 15.5. The SMILES string of the molecule is CSc1ncccc1C(=O)N1CCC(CNS(=O)(=O)c2ccc(C)c(C)c2)CC1. The maximum absolute atomic E-state index is 12.8. The Bertz CT molecular complexity index is 984. The first-order valence-electron chi connectivity index (χ1n) is 9.67. The van der Waals surface area contributed by atoms with Gasteiger partial charge in [0.25, 0.3) is 5.91 Å². The number of nitrogens with one attached hydrogen (secondary N) is 1. The molecule has 0 unspecified atom stereocenters. The van der Waals surface area contributed by atoms with Crippen LogP contribution in [0.1, 0.15) is 34.3 Å². The zero-order valence-corrected chi connectivity index (χ0v) is 18.6. The quantitative estimate of drug-likeness (QED) is 0.708. The smallest absolute Gasteiger partial charge is 0.256 e. The van der Waals surface area contributed by atoms with Crippen LogP contribution in [0.5, 0.6) is 0 Å². The molecule has 8 heteroatoms. The molecule has 0 saturated carbocycles. The lowest BCUT2D eigenvalue weighted by atomic mass is 9.97. The fourth-order valence-electron chi connectivity index (χ4n) is 3.42. The predicted molar refractivity (Wildman–Crippen MR) is 116 cm³/mol. The number of piperidine rings is 1. The molecular weight excluding hydrogens is 406 g/mol. The molecule has 2 heterocycles. The summed E-state index contributed by atoms with van der Waals surface area (Å²) in [6, 6.07) is 8.76. The minimum atomic E-state index is -3.52.